The van der Waals surface area contributed by atoms with Crippen molar-refractivity contribution in [1.29, 1.82) is 0 Å². The molecular formula is C15H23N3O6S. The number of sulfonamides is 1. The van der Waals surface area contributed by atoms with Gasteiger partial charge in [-0.3, -0.25) is 0 Å². The number of aromatic nitrogens is 1. The van der Waals surface area contributed by atoms with Crippen molar-refractivity contribution in [3.8, 4) is 0 Å². The molecule has 2 saturated heterocycles. The van der Waals surface area contributed by atoms with E-state index in [-0.39, 0.29) is 23.8 Å². The molecule has 2 aliphatic rings. The number of hydrogen-bond donors (Lipinski definition) is 1. The first-order valence-corrected chi connectivity index (χ1v) is 9.50. The van der Waals surface area contributed by atoms with Gasteiger partial charge in [0.2, 0.25) is 0 Å². The summed E-state index contributed by atoms with van der Waals surface area (Å²) in [4.78, 5) is 11.7. The minimum Gasteiger partial charge on any atom is -0.464 e. The van der Waals surface area contributed by atoms with Crippen LogP contribution in [0.25, 0.3) is 0 Å². The zero-order chi connectivity index (χ0) is 18.1. The Balaban J connectivity index is 1.87. The van der Waals surface area contributed by atoms with E-state index in [1.165, 1.54) is 35.2 Å². The molecule has 2 fully saturated rings. The third-order valence-electron chi connectivity index (χ3n) is 4.52. The van der Waals surface area contributed by atoms with E-state index >= 15 is 0 Å². The molecule has 0 radical (unpaired) electrons. The second-order valence-electron chi connectivity index (χ2n) is 6.21. The molecular weight excluding hydrogens is 350 g/mol. The standard InChI is InChI=1S/C15H23N3O6S/c1-17-12(14(19)22-2)3-4-13(17)25(20,21)18-6-8-24-15(10-18)9-16-5-7-23-11-15/h3-4,16H,5-11H2,1-2H3. The lowest BCUT2D eigenvalue weighted by Gasteiger charge is -2.41. The maximum absolute atomic E-state index is 13.1. The highest BCUT2D eigenvalue weighted by molar-refractivity contribution is 7.89. The van der Waals surface area contributed by atoms with E-state index in [1.807, 2.05) is 0 Å². The average molecular weight is 373 g/mol. The Bertz CT molecular complexity index is 736. The molecule has 0 aromatic carbocycles. The summed E-state index contributed by atoms with van der Waals surface area (Å²) in [5, 5.41) is 3.27. The Hall–Kier alpha value is -1.46. The SMILES string of the molecule is COC(=O)c1ccc(S(=O)(=O)N2CCOC3(CNCCOC3)C2)n1C. The lowest BCUT2D eigenvalue weighted by atomic mass is 10.0. The molecule has 140 valence electrons. The molecule has 0 bridgehead atoms. The van der Waals surface area contributed by atoms with Crippen molar-refractivity contribution in [3.63, 3.8) is 0 Å². The van der Waals surface area contributed by atoms with Gasteiger partial charge in [-0.2, -0.15) is 4.31 Å². The van der Waals surface area contributed by atoms with Crippen molar-refractivity contribution in [1.82, 2.24) is 14.2 Å². The highest BCUT2D eigenvalue weighted by atomic mass is 32.2. The van der Waals surface area contributed by atoms with Crippen LogP contribution in [0.4, 0.5) is 0 Å². The van der Waals surface area contributed by atoms with Crippen molar-refractivity contribution in [2.75, 3.05) is 53.1 Å². The number of nitrogens with one attached hydrogen (secondary N) is 1. The maximum atomic E-state index is 13.1. The minimum atomic E-state index is -3.78. The van der Waals surface area contributed by atoms with Crippen LogP contribution in [0.5, 0.6) is 0 Å². The number of rotatable bonds is 3. The van der Waals surface area contributed by atoms with Crippen LogP contribution in [-0.2, 0) is 31.3 Å². The molecule has 0 saturated carbocycles. The van der Waals surface area contributed by atoms with Gasteiger partial charge in [0.1, 0.15) is 11.3 Å². The van der Waals surface area contributed by atoms with Crippen LogP contribution in [0, 0.1) is 0 Å². The van der Waals surface area contributed by atoms with Crippen LogP contribution >= 0.6 is 0 Å². The van der Waals surface area contributed by atoms with Crippen LogP contribution in [0.2, 0.25) is 0 Å². The number of ether oxygens (including phenoxy) is 3. The van der Waals surface area contributed by atoms with Gasteiger partial charge in [-0.15, -0.1) is 0 Å². The lowest BCUT2D eigenvalue weighted by Crippen LogP contribution is -2.59. The van der Waals surface area contributed by atoms with Crippen LogP contribution in [0.15, 0.2) is 17.2 Å². The summed E-state index contributed by atoms with van der Waals surface area (Å²) < 4.78 is 45.0. The first-order valence-electron chi connectivity index (χ1n) is 8.06. The number of morpholine rings is 1. The lowest BCUT2D eigenvalue weighted by molar-refractivity contribution is -0.118. The summed E-state index contributed by atoms with van der Waals surface area (Å²) in [6, 6.07) is 2.87. The summed E-state index contributed by atoms with van der Waals surface area (Å²) in [5.74, 6) is -0.580. The first kappa shape index (κ1) is 18.3. The van der Waals surface area contributed by atoms with Gasteiger partial charge in [0.25, 0.3) is 10.0 Å². The van der Waals surface area contributed by atoms with Gasteiger partial charge < -0.3 is 24.1 Å². The van der Waals surface area contributed by atoms with E-state index in [0.29, 0.717) is 32.9 Å². The third kappa shape index (κ3) is 3.44. The predicted molar refractivity (Wildman–Crippen MR) is 87.9 cm³/mol. The van der Waals surface area contributed by atoms with Crippen LogP contribution in [0.3, 0.4) is 0 Å². The number of carbonyl (C=O) groups is 1. The van der Waals surface area contributed by atoms with Crippen molar-refractivity contribution in [3.05, 3.63) is 17.8 Å². The zero-order valence-electron chi connectivity index (χ0n) is 14.4. The van der Waals surface area contributed by atoms with Crippen LogP contribution < -0.4 is 5.32 Å². The van der Waals surface area contributed by atoms with Crippen LogP contribution in [-0.4, -0.2) is 82.0 Å². The molecule has 1 atom stereocenters. The fourth-order valence-corrected chi connectivity index (χ4v) is 4.84. The van der Waals surface area contributed by atoms with E-state index < -0.39 is 21.6 Å². The zero-order valence-corrected chi connectivity index (χ0v) is 15.2. The largest absolute Gasteiger partial charge is 0.464 e. The van der Waals surface area contributed by atoms with Gasteiger partial charge in [0, 0.05) is 33.2 Å². The Morgan fingerprint density at radius 1 is 1.36 bits per heavy atom. The van der Waals surface area contributed by atoms with Crippen molar-refractivity contribution in [2.45, 2.75) is 10.6 Å². The Morgan fingerprint density at radius 2 is 2.16 bits per heavy atom. The van der Waals surface area contributed by atoms with Gasteiger partial charge in [-0.25, -0.2) is 13.2 Å². The Labute approximate surface area is 146 Å². The molecule has 1 spiro atoms. The molecule has 3 rings (SSSR count). The topological polar surface area (TPSA) is 99.1 Å². The quantitative estimate of drug-likeness (QED) is 0.692. The molecule has 3 heterocycles. The molecule has 10 heteroatoms. The molecule has 9 nitrogen and oxygen atoms in total. The smallest absolute Gasteiger partial charge is 0.354 e. The van der Waals surface area contributed by atoms with Crippen molar-refractivity contribution in [2.24, 2.45) is 7.05 Å². The highest BCUT2D eigenvalue weighted by Gasteiger charge is 2.43. The second-order valence-corrected chi connectivity index (χ2v) is 8.09. The summed E-state index contributed by atoms with van der Waals surface area (Å²) in [6.45, 7) is 2.88. The number of hydrogen-bond acceptors (Lipinski definition) is 7. The average Bonchev–Trinajstić information content (AvgIpc) is 2.86. The number of esters is 1. The third-order valence-corrected chi connectivity index (χ3v) is 6.45. The fourth-order valence-electron chi connectivity index (χ4n) is 3.17. The molecule has 0 amide bonds. The van der Waals surface area contributed by atoms with Crippen molar-refractivity contribution < 1.29 is 27.4 Å². The highest BCUT2D eigenvalue weighted by Crippen LogP contribution is 2.26. The Kier molecular flexibility index (Phi) is 5.16. The molecule has 25 heavy (non-hydrogen) atoms. The van der Waals surface area contributed by atoms with E-state index in [4.69, 9.17) is 9.47 Å². The van der Waals surface area contributed by atoms with E-state index in [0.717, 1.165) is 0 Å². The fraction of sp³-hybridized carbons (Fsp3) is 0.667. The summed E-state index contributed by atoms with van der Waals surface area (Å²) >= 11 is 0. The van der Waals surface area contributed by atoms with Gasteiger partial charge >= 0.3 is 5.97 Å². The maximum Gasteiger partial charge on any atom is 0.354 e. The van der Waals surface area contributed by atoms with Gasteiger partial charge in [0.15, 0.2) is 5.03 Å². The van der Waals surface area contributed by atoms with E-state index in [9.17, 15) is 13.2 Å². The van der Waals surface area contributed by atoms with Gasteiger partial charge in [0.05, 0.1) is 26.9 Å². The normalized spacial score (nSPS) is 25.7. The second kappa shape index (κ2) is 7.04. The summed E-state index contributed by atoms with van der Waals surface area (Å²) in [6.07, 6.45) is 0. The Morgan fingerprint density at radius 3 is 2.92 bits per heavy atom. The molecule has 1 aromatic rings. The van der Waals surface area contributed by atoms with E-state index in [2.05, 4.69) is 10.1 Å². The first-order chi connectivity index (χ1) is 11.9. The molecule has 0 aliphatic carbocycles. The molecule has 2 aliphatic heterocycles. The van der Waals surface area contributed by atoms with Crippen LogP contribution in [0.1, 0.15) is 10.5 Å². The minimum absolute atomic E-state index is 0.0486. The molecule has 1 aromatic heterocycles. The number of methoxy groups -OCH3 is 1. The van der Waals surface area contributed by atoms with Gasteiger partial charge in [-0.05, 0) is 12.1 Å². The number of nitrogens with zero attached hydrogens (tertiary/aromatic N) is 2. The van der Waals surface area contributed by atoms with E-state index in [1.54, 1.807) is 0 Å². The monoisotopic (exact) mass is 373 g/mol. The summed E-state index contributed by atoms with van der Waals surface area (Å²) in [5.41, 5.74) is -0.512. The van der Waals surface area contributed by atoms with Gasteiger partial charge in [-0.1, -0.05) is 0 Å². The summed E-state index contributed by atoms with van der Waals surface area (Å²) in [7, 11) is -0.984. The predicted octanol–water partition coefficient (Wildman–Crippen LogP) is -0.809. The number of carbonyl (C=O) groups excluding carboxylic acids is 1. The van der Waals surface area contributed by atoms with Crippen molar-refractivity contribution >= 4 is 16.0 Å². The molecule has 1 N–H and O–H groups in total. The molecule has 1 unspecified atom stereocenters.